The van der Waals surface area contributed by atoms with Gasteiger partial charge in [0.2, 0.25) is 0 Å². The van der Waals surface area contributed by atoms with E-state index in [9.17, 15) is 4.79 Å². The van der Waals surface area contributed by atoms with Gasteiger partial charge in [0.15, 0.2) is 0 Å². The van der Waals surface area contributed by atoms with E-state index in [4.69, 9.17) is 5.73 Å². The fourth-order valence-corrected chi connectivity index (χ4v) is 2.72. The molecule has 0 aliphatic carbocycles. The van der Waals surface area contributed by atoms with Crippen molar-refractivity contribution in [1.29, 1.82) is 0 Å². The highest BCUT2D eigenvalue weighted by Gasteiger charge is 2.12. The van der Waals surface area contributed by atoms with Crippen molar-refractivity contribution in [2.24, 2.45) is 0 Å². The summed E-state index contributed by atoms with van der Waals surface area (Å²) in [5.41, 5.74) is 8.70. The van der Waals surface area contributed by atoms with Gasteiger partial charge in [0.25, 0.3) is 5.91 Å². The molecule has 104 valence electrons. The first kappa shape index (κ1) is 15.1. The molecule has 0 bridgehead atoms. The molecule has 2 aromatic carbocycles. The number of benzene rings is 2. The van der Waals surface area contributed by atoms with Gasteiger partial charge in [-0.3, -0.25) is 4.79 Å². The van der Waals surface area contributed by atoms with Gasteiger partial charge in [-0.1, -0.05) is 22.9 Å². The van der Waals surface area contributed by atoms with E-state index in [1.807, 2.05) is 25.1 Å². The topological polar surface area (TPSA) is 55.1 Å². The number of carbonyl (C=O) groups excluding carboxylic acids is 1. The second-order valence-electron chi connectivity index (χ2n) is 4.35. The maximum atomic E-state index is 12.3. The second-order valence-corrected chi connectivity index (χ2v) is 6.12. The molecule has 0 spiro atoms. The van der Waals surface area contributed by atoms with Crippen LogP contribution in [0.25, 0.3) is 0 Å². The van der Waals surface area contributed by atoms with Crippen LogP contribution in [-0.4, -0.2) is 5.91 Å². The van der Waals surface area contributed by atoms with Gasteiger partial charge >= 0.3 is 0 Å². The van der Waals surface area contributed by atoms with Gasteiger partial charge in [-0.25, -0.2) is 0 Å². The molecular weight excluding hydrogens is 384 g/mol. The molecule has 0 unspecified atom stereocenters. The van der Waals surface area contributed by atoms with E-state index in [0.29, 0.717) is 11.3 Å². The van der Waals surface area contributed by atoms with Crippen molar-refractivity contribution >= 4 is 49.1 Å². The third-order valence-corrected chi connectivity index (χ3v) is 4.12. The highest BCUT2D eigenvalue weighted by Crippen LogP contribution is 2.24. The monoisotopic (exact) mass is 396 g/mol. The third-order valence-electron chi connectivity index (χ3n) is 2.93. The lowest BCUT2D eigenvalue weighted by molar-refractivity contribution is 0.102. The molecule has 0 aliphatic heterocycles. The van der Waals surface area contributed by atoms with Crippen LogP contribution >= 0.6 is 31.9 Å². The summed E-state index contributed by atoms with van der Waals surface area (Å²) in [5.74, 6) is -0.179. The Hall–Kier alpha value is -1.33. The Morgan fingerprint density at radius 3 is 2.65 bits per heavy atom. The molecule has 0 aliphatic rings. The van der Waals surface area contributed by atoms with Crippen molar-refractivity contribution < 1.29 is 4.79 Å². The molecule has 1 amide bonds. The van der Waals surface area contributed by atoms with Gasteiger partial charge in [-0.2, -0.15) is 0 Å². The Morgan fingerprint density at radius 1 is 1.20 bits per heavy atom. The Kier molecular flexibility index (Phi) is 4.83. The molecule has 20 heavy (non-hydrogen) atoms. The van der Waals surface area contributed by atoms with E-state index in [-0.39, 0.29) is 5.91 Å². The lowest BCUT2D eigenvalue weighted by Crippen LogP contribution is -2.14. The summed E-state index contributed by atoms with van der Waals surface area (Å²) < 4.78 is 1.72. The van der Waals surface area contributed by atoms with Crippen molar-refractivity contribution in [2.75, 3.05) is 11.1 Å². The first-order chi connectivity index (χ1) is 9.51. The number of anilines is 2. The first-order valence-corrected chi connectivity index (χ1v) is 7.74. The molecule has 0 fully saturated rings. The normalized spacial score (nSPS) is 10.3. The van der Waals surface area contributed by atoms with Crippen LogP contribution in [0, 0.1) is 0 Å². The van der Waals surface area contributed by atoms with Crippen molar-refractivity contribution in [3.8, 4) is 0 Å². The molecule has 5 heteroatoms. The van der Waals surface area contributed by atoms with Crippen molar-refractivity contribution in [3.63, 3.8) is 0 Å². The Balaban J connectivity index is 2.30. The number of hydrogen-bond donors (Lipinski definition) is 2. The van der Waals surface area contributed by atoms with Crippen LogP contribution in [0.3, 0.4) is 0 Å². The van der Waals surface area contributed by atoms with E-state index in [1.54, 1.807) is 18.2 Å². The number of halogens is 2. The minimum atomic E-state index is -0.179. The van der Waals surface area contributed by atoms with Gasteiger partial charge < -0.3 is 11.1 Å². The first-order valence-electron chi connectivity index (χ1n) is 6.16. The zero-order chi connectivity index (χ0) is 14.7. The number of amides is 1. The Bertz CT molecular complexity index is 656. The van der Waals surface area contributed by atoms with Crippen LogP contribution in [0.15, 0.2) is 45.3 Å². The molecule has 3 nitrogen and oxygen atoms in total. The van der Waals surface area contributed by atoms with Gasteiger partial charge in [-0.05, 0) is 64.3 Å². The SMILES string of the molecule is CCc1cc(Br)ccc1NC(=O)c1cc(N)ccc1Br. The van der Waals surface area contributed by atoms with E-state index in [0.717, 1.165) is 26.6 Å². The fraction of sp³-hybridized carbons (Fsp3) is 0.133. The number of nitrogens with one attached hydrogen (secondary N) is 1. The van der Waals surface area contributed by atoms with Crippen molar-refractivity contribution in [2.45, 2.75) is 13.3 Å². The quantitative estimate of drug-likeness (QED) is 0.743. The fourth-order valence-electron chi connectivity index (χ4n) is 1.88. The van der Waals surface area contributed by atoms with E-state index in [1.165, 1.54) is 0 Å². The van der Waals surface area contributed by atoms with Gasteiger partial charge in [-0.15, -0.1) is 0 Å². The molecule has 3 N–H and O–H groups in total. The van der Waals surface area contributed by atoms with Crippen LogP contribution in [0.1, 0.15) is 22.8 Å². The summed E-state index contributed by atoms with van der Waals surface area (Å²) in [6.45, 7) is 2.05. The minimum Gasteiger partial charge on any atom is -0.399 e. The number of nitrogens with two attached hydrogens (primary N) is 1. The molecule has 0 atom stereocenters. The Morgan fingerprint density at radius 2 is 1.95 bits per heavy atom. The average molecular weight is 398 g/mol. The average Bonchev–Trinajstić information content (AvgIpc) is 2.43. The maximum absolute atomic E-state index is 12.3. The predicted octanol–water partition coefficient (Wildman–Crippen LogP) is 4.61. The number of nitrogen functional groups attached to an aromatic ring is 1. The summed E-state index contributed by atoms with van der Waals surface area (Å²) in [5, 5.41) is 2.93. The molecular formula is C15H14Br2N2O. The molecule has 0 saturated carbocycles. The van der Waals surface area contributed by atoms with Gasteiger partial charge in [0, 0.05) is 20.3 Å². The zero-order valence-electron chi connectivity index (χ0n) is 10.9. The summed E-state index contributed by atoms with van der Waals surface area (Å²) in [6, 6.07) is 11.0. The zero-order valence-corrected chi connectivity index (χ0v) is 14.1. The third kappa shape index (κ3) is 3.41. The molecule has 0 radical (unpaired) electrons. The lowest BCUT2D eigenvalue weighted by atomic mass is 10.1. The summed E-state index contributed by atoms with van der Waals surface area (Å²) in [6.07, 6.45) is 0.840. The van der Waals surface area contributed by atoms with E-state index in [2.05, 4.69) is 37.2 Å². The number of carbonyl (C=O) groups is 1. The van der Waals surface area contributed by atoms with E-state index < -0.39 is 0 Å². The molecule has 2 aromatic rings. The number of aryl methyl sites for hydroxylation is 1. The molecule has 0 saturated heterocycles. The Labute approximate surface area is 134 Å². The standard InChI is InChI=1S/C15H14Br2N2O/c1-2-9-7-10(16)3-6-14(9)19-15(20)12-8-11(18)4-5-13(12)17/h3-8H,2,18H2,1H3,(H,19,20). The summed E-state index contributed by atoms with van der Waals surface area (Å²) >= 11 is 6.80. The van der Waals surface area contributed by atoms with Crippen LogP contribution in [0.4, 0.5) is 11.4 Å². The van der Waals surface area contributed by atoms with Crippen molar-refractivity contribution in [3.05, 3.63) is 56.5 Å². The smallest absolute Gasteiger partial charge is 0.256 e. The maximum Gasteiger partial charge on any atom is 0.256 e. The van der Waals surface area contributed by atoms with Crippen molar-refractivity contribution in [1.82, 2.24) is 0 Å². The summed E-state index contributed by atoms with van der Waals surface area (Å²) in [4.78, 5) is 12.3. The number of rotatable bonds is 3. The lowest BCUT2D eigenvalue weighted by Gasteiger charge is -2.11. The van der Waals surface area contributed by atoms with Crippen LogP contribution < -0.4 is 11.1 Å². The number of hydrogen-bond acceptors (Lipinski definition) is 2. The van der Waals surface area contributed by atoms with Crippen LogP contribution in [0.2, 0.25) is 0 Å². The van der Waals surface area contributed by atoms with E-state index >= 15 is 0 Å². The highest BCUT2D eigenvalue weighted by atomic mass is 79.9. The molecule has 0 aromatic heterocycles. The minimum absolute atomic E-state index is 0.179. The van der Waals surface area contributed by atoms with Crippen LogP contribution in [0.5, 0.6) is 0 Å². The predicted molar refractivity (Wildman–Crippen MR) is 90.0 cm³/mol. The van der Waals surface area contributed by atoms with Crippen LogP contribution in [-0.2, 0) is 6.42 Å². The molecule has 0 heterocycles. The van der Waals surface area contributed by atoms with Gasteiger partial charge in [0.1, 0.15) is 0 Å². The summed E-state index contributed by atoms with van der Waals surface area (Å²) in [7, 11) is 0. The highest BCUT2D eigenvalue weighted by molar-refractivity contribution is 9.10. The van der Waals surface area contributed by atoms with Gasteiger partial charge in [0.05, 0.1) is 5.56 Å². The molecule has 2 rings (SSSR count). The largest absolute Gasteiger partial charge is 0.399 e. The second kappa shape index (κ2) is 6.41.